The average Bonchev–Trinajstić information content (AvgIpc) is 2.61. The van der Waals surface area contributed by atoms with Crippen LogP contribution in [-0.4, -0.2) is 15.1 Å². The summed E-state index contributed by atoms with van der Waals surface area (Å²) < 4.78 is 60.0. The van der Waals surface area contributed by atoms with Gasteiger partial charge < -0.3 is 4.74 Å². The van der Waals surface area contributed by atoms with Crippen LogP contribution in [0.2, 0.25) is 5.02 Å². The van der Waals surface area contributed by atoms with Crippen LogP contribution in [0, 0.1) is 11.2 Å². The molecular weight excluding hydrogens is 444 g/mol. The van der Waals surface area contributed by atoms with Crippen molar-refractivity contribution in [2.45, 2.75) is 33.4 Å². The number of hydrogen-bond donors (Lipinski definition) is 0. The van der Waals surface area contributed by atoms with Crippen molar-refractivity contribution in [1.82, 2.24) is 9.13 Å². The highest BCUT2D eigenvalue weighted by Crippen LogP contribution is 2.37. The van der Waals surface area contributed by atoms with Crippen molar-refractivity contribution in [3.63, 3.8) is 0 Å². The van der Waals surface area contributed by atoms with Crippen molar-refractivity contribution in [3.8, 4) is 11.4 Å². The van der Waals surface area contributed by atoms with Crippen molar-refractivity contribution in [2.75, 3.05) is 0 Å². The molecule has 2 aromatic rings. The van der Waals surface area contributed by atoms with E-state index in [2.05, 4.69) is 6.58 Å². The van der Waals surface area contributed by atoms with E-state index >= 15 is 0 Å². The van der Waals surface area contributed by atoms with E-state index in [1.165, 1.54) is 6.08 Å². The van der Waals surface area contributed by atoms with Gasteiger partial charge in [-0.05, 0) is 33.3 Å². The SMILES string of the molecule is C=CCc1c(OC(=O)C(C)(C)C)c(Cl)cc(F)c1-n1c(=O)cc(C(F)(F)F)n(C)c1=O. The first-order chi connectivity index (χ1) is 14.1. The van der Waals surface area contributed by atoms with Crippen LogP contribution >= 0.6 is 11.6 Å². The number of halogens is 5. The predicted molar refractivity (Wildman–Crippen MR) is 106 cm³/mol. The molecule has 6 nitrogen and oxygen atoms in total. The Hall–Kier alpha value is -2.88. The van der Waals surface area contributed by atoms with Gasteiger partial charge in [-0.3, -0.25) is 14.2 Å². The number of allylic oxidation sites excluding steroid dienone is 1. The zero-order valence-corrected chi connectivity index (χ0v) is 17.8. The molecule has 11 heteroatoms. The Balaban J connectivity index is 2.93. The summed E-state index contributed by atoms with van der Waals surface area (Å²) in [5, 5.41) is -0.326. The maximum Gasteiger partial charge on any atom is 0.431 e. The zero-order valence-electron chi connectivity index (χ0n) is 17.1. The van der Waals surface area contributed by atoms with Gasteiger partial charge in [0.05, 0.1) is 16.1 Å². The Morgan fingerprint density at radius 2 is 1.81 bits per heavy atom. The third-order valence-electron chi connectivity index (χ3n) is 4.25. The Morgan fingerprint density at radius 1 is 1.23 bits per heavy atom. The lowest BCUT2D eigenvalue weighted by atomic mass is 9.97. The van der Waals surface area contributed by atoms with E-state index < -0.39 is 46.0 Å². The number of hydrogen-bond acceptors (Lipinski definition) is 4. The molecule has 0 fully saturated rings. The van der Waals surface area contributed by atoms with Gasteiger partial charge in [-0.2, -0.15) is 13.2 Å². The predicted octanol–water partition coefficient (Wildman–Crippen LogP) is 4.03. The molecule has 0 unspecified atom stereocenters. The minimum absolute atomic E-state index is 0.175. The van der Waals surface area contributed by atoms with E-state index in [-0.39, 0.29) is 38.0 Å². The topological polar surface area (TPSA) is 70.3 Å². The van der Waals surface area contributed by atoms with Gasteiger partial charge in [0.2, 0.25) is 0 Å². The van der Waals surface area contributed by atoms with Crippen LogP contribution in [0.1, 0.15) is 32.0 Å². The Morgan fingerprint density at radius 3 is 2.29 bits per heavy atom. The molecule has 2 rings (SSSR count). The first-order valence-corrected chi connectivity index (χ1v) is 9.23. The maximum atomic E-state index is 14.9. The minimum Gasteiger partial charge on any atom is -0.424 e. The number of nitrogens with zero attached hydrogens (tertiary/aromatic N) is 2. The summed E-state index contributed by atoms with van der Waals surface area (Å²) in [5.41, 5.74) is -6.23. The van der Waals surface area contributed by atoms with Gasteiger partial charge in [-0.15, -0.1) is 6.58 Å². The Labute approximate surface area is 179 Å². The lowest BCUT2D eigenvalue weighted by Gasteiger charge is -2.21. The summed E-state index contributed by atoms with van der Waals surface area (Å²) >= 11 is 6.05. The summed E-state index contributed by atoms with van der Waals surface area (Å²) in [6, 6.07) is 0.881. The number of benzene rings is 1. The number of carbonyl (C=O) groups is 1. The molecule has 0 aliphatic rings. The first-order valence-electron chi connectivity index (χ1n) is 8.86. The van der Waals surface area contributed by atoms with E-state index in [4.69, 9.17) is 16.3 Å². The lowest BCUT2D eigenvalue weighted by molar-refractivity contribution is -0.144. The second-order valence-corrected chi connectivity index (χ2v) is 8.08. The van der Waals surface area contributed by atoms with Crippen LogP contribution in [0.3, 0.4) is 0 Å². The summed E-state index contributed by atoms with van der Waals surface area (Å²) in [6.07, 6.45) is -3.93. The normalized spacial score (nSPS) is 12.0. The minimum atomic E-state index is -4.98. The van der Waals surface area contributed by atoms with E-state index in [0.717, 1.165) is 7.05 Å². The highest BCUT2D eigenvalue weighted by atomic mass is 35.5. The fourth-order valence-electron chi connectivity index (χ4n) is 2.68. The van der Waals surface area contributed by atoms with Gasteiger partial charge in [-0.1, -0.05) is 17.7 Å². The van der Waals surface area contributed by atoms with Crippen LogP contribution in [0.5, 0.6) is 5.75 Å². The number of carbonyl (C=O) groups excluding carboxylic acids is 1. The molecule has 1 heterocycles. The maximum absolute atomic E-state index is 14.9. The second-order valence-electron chi connectivity index (χ2n) is 7.67. The number of rotatable bonds is 4. The van der Waals surface area contributed by atoms with E-state index in [1.54, 1.807) is 20.8 Å². The zero-order chi connectivity index (χ0) is 23.9. The second kappa shape index (κ2) is 8.33. The molecule has 0 aliphatic heterocycles. The molecule has 1 aromatic heterocycles. The molecule has 0 bridgehead atoms. The molecule has 0 spiro atoms. The molecule has 0 atom stereocenters. The highest BCUT2D eigenvalue weighted by molar-refractivity contribution is 6.32. The van der Waals surface area contributed by atoms with Crippen LogP contribution in [-0.2, 0) is 24.4 Å². The fourth-order valence-corrected chi connectivity index (χ4v) is 2.92. The van der Waals surface area contributed by atoms with E-state index in [1.807, 2.05) is 0 Å². The molecule has 0 N–H and O–H groups in total. The van der Waals surface area contributed by atoms with Gasteiger partial charge in [0.15, 0.2) is 5.75 Å². The van der Waals surface area contributed by atoms with Crippen molar-refractivity contribution in [2.24, 2.45) is 12.5 Å². The van der Waals surface area contributed by atoms with Crippen molar-refractivity contribution >= 4 is 17.6 Å². The molecule has 31 heavy (non-hydrogen) atoms. The van der Waals surface area contributed by atoms with Crippen molar-refractivity contribution in [3.05, 3.63) is 67.7 Å². The van der Waals surface area contributed by atoms with Gasteiger partial charge in [-0.25, -0.2) is 13.8 Å². The van der Waals surface area contributed by atoms with Gasteiger partial charge in [0, 0.05) is 18.7 Å². The number of alkyl halides is 3. The molecular formula is C20H19ClF4N2O4. The number of ether oxygens (including phenoxy) is 1. The molecule has 0 saturated carbocycles. The monoisotopic (exact) mass is 462 g/mol. The molecule has 0 amide bonds. The Bertz CT molecular complexity index is 1170. The summed E-state index contributed by atoms with van der Waals surface area (Å²) in [6.45, 7) is 8.16. The van der Waals surface area contributed by atoms with Crippen LogP contribution in [0.4, 0.5) is 17.6 Å². The quantitative estimate of drug-likeness (QED) is 0.298. The largest absolute Gasteiger partial charge is 0.431 e. The molecule has 1 aromatic carbocycles. The number of aromatic nitrogens is 2. The van der Waals surface area contributed by atoms with E-state index in [9.17, 15) is 31.9 Å². The van der Waals surface area contributed by atoms with Crippen LogP contribution < -0.4 is 16.0 Å². The van der Waals surface area contributed by atoms with E-state index in [0.29, 0.717) is 6.07 Å². The third kappa shape index (κ3) is 4.73. The average molecular weight is 463 g/mol. The lowest BCUT2D eigenvalue weighted by Crippen LogP contribution is -2.41. The number of esters is 1. The molecule has 0 saturated heterocycles. The van der Waals surface area contributed by atoms with Crippen molar-refractivity contribution in [1.29, 1.82) is 0 Å². The third-order valence-corrected chi connectivity index (χ3v) is 4.53. The first kappa shape index (κ1) is 24.4. The van der Waals surface area contributed by atoms with Gasteiger partial charge in [0.25, 0.3) is 5.56 Å². The molecule has 0 radical (unpaired) electrons. The van der Waals surface area contributed by atoms with Crippen LogP contribution in [0.25, 0.3) is 5.69 Å². The highest BCUT2D eigenvalue weighted by Gasteiger charge is 2.36. The molecule has 168 valence electrons. The van der Waals surface area contributed by atoms with Crippen LogP contribution in [0.15, 0.2) is 34.4 Å². The molecule has 0 aliphatic carbocycles. The summed E-state index contributed by atoms with van der Waals surface area (Å²) in [7, 11) is 0.794. The van der Waals surface area contributed by atoms with Gasteiger partial charge in [0.1, 0.15) is 11.5 Å². The summed E-state index contributed by atoms with van der Waals surface area (Å²) in [4.78, 5) is 37.5. The Kier molecular flexibility index (Phi) is 6.56. The standard InChI is InChI=1S/C20H19ClF4N2O4/c1-6-7-10-15(12(22)8-11(21)16(10)31-17(29)19(2,3)4)27-14(28)9-13(20(23,24)25)26(5)18(27)30/h6,8-9H,1,7H2,2-5H3. The van der Waals surface area contributed by atoms with Gasteiger partial charge >= 0.3 is 17.8 Å². The summed E-state index contributed by atoms with van der Waals surface area (Å²) in [5.74, 6) is -2.24. The fraction of sp³-hybridized carbons (Fsp3) is 0.350. The smallest absolute Gasteiger partial charge is 0.424 e. The van der Waals surface area contributed by atoms with Crippen molar-refractivity contribution < 1.29 is 27.1 Å².